The molecule has 0 spiro atoms. The quantitative estimate of drug-likeness (QED) is 0.400. The molecule has 7 nitrogen and oxygen atoms in total. The van der Waals surface area contributed by atoms with Crippen molar-refractivity contribution in [1.82, 2.24) is 0 Å². The van der Waals surface area contributed by atoms with Crippen LogP contribution in [0.2, 0.25) is 0 Å². The van der Waals surface area contributed by atoms with E-state index in [0.29, 0.717) is 23.0 Å². The van der Waals surface area contributed by atoms with Gasteiger partial charge < -0.3 is 23.4 Å². The summed E-state index contributed by atoms with van der Waals surface area (Å²) in [5.41, 5.74) is 0.289. The lowest BCUT2D eigenvalue weighted by Gasteiger charge is -2.09. The van der Waals surface area contributed by atoms with Crippen LogP contribution in [0.1, 0.15) is 26.7 Å². The van der Waals surface area contributed by atoms with E-state index in [1.54, 1.807) is 24.3 Å². The van der Waals surface area contributed by atoms with Gasteiger partial charge in [0, 0.05) is 6.07 Å². The zero-order chi connectivity index (χ0) is 20.6. The largest absolute Gasteiger partial charge is 0.497 e. The van der Waals surface area contributed by atoms with Crippen molar-refractivity contribution in [3.63, 3.8) is 0 Å². The van der Waals surface area contributed by atoms with Crippen molar-refractivity contribution in [1.29, 1.82) is 0 Å². The van der Waals surface area contributed by atoms with Crippen LogP contribution in [0, 0.1) is 0 Å². The Morgan fingerprint density at radius 1 is 0.897 bits per heavy atom. The fourth-order valence-electron chi connectivity index (χ4n) is 2.55. The van der Waals surface area contributed by atoms with Crippen LogP contribution in [0.3, 0.4) is 0 Å². The van der Waals surface area contributed by atoms with Gasteiger partial charge >= 0.3 is 5.97 Å². The summed E-state index contributed by atoms with van der Waals surface area (Å²) in [7, 11) is 2.96. The third-order valence-electron chi connectivity index (χ3n) is 4.03. The summed E-state index contributed by atoms with van der Waals surface area (Å²) in [6.07, 6.45) is 0. The lowest BCUT2D eigenvalue weighted by Crippen LogP contribution is -2.14. The van der Waals surface area contributed by atoms with Gasteiger partial charge in [-0.15, -0.1) is 0 Å². The molecule has 0 atom stereocenters. The first kappa shape index (κ1) is 20.0. The van der Waals surface area contributed by atoms with E-state index in [2.05, 4.69) is 0 Å². The van der Waals surface area contributed by atoms with E-state index in [-0.39, 0.29) is 17.9 Å². The Hall–Kier alpha value is -3.74. The van der Waals surface area contributed by atoms with Crippen molar-refractivity contribution >= 4 is 11.8 Å². The molecule has 0 unspecified atom stereocenters. The van der Waals surface area contributed by atoms with Crippen molar-refractivity contribution in [2.45, 2.75) is 6.61 Å². The van der Waals surface area contributed by atoms with Gasteiger partial charge in [0.2, 0.25) is 11.5 Å². The summed E-state index contributed by atoms with van der Waals surface area (Å²) in [6, 6.07) is 17.1. The first-order valence-electron chi connectivity index (χ1n) is 8.79. The fourth-order valence-corrected chi connectivity index (χ4v) is 2.55. The number of carbonyl (C=O) groups is 2. The number of rotatable bonds is 9. The van der Waals surface area contributed by atoms with E-state index in [0.717, 1.165) is 0 Å². The van der Waals surface area contributed by atoms with Gasteiger partial charge in [-0.05, 0) is 36.4 Å². The minimum atomic E-state index is -0.739. The van der Waals surface area contributed by atoms with Gasteiger partial charge in [0.1, 0.15) is 29.6 Å². The van der Waals surface area contributed by atoms with Crippen LogP contribution >= 0.6 is 0 Å². The third-order valence-corrected chi connectivity index (χ3v) is 4.03. The van der Waals surface area contributed by atoms with Gasteiger partial charge in [0.05, 0.1) is 19.8 Å². The molecular weight excluding hydrogens is 376 g/mol. The van der Waals surface area contributed by atoms with Crippen LogP contribution in [0.4, 0.5) is 0 Å². The molecule has 150 valence electrons. The van der Waals surface area contributed by atoms with E-state index in [9.17, 15) is 9.59 Å². The second-order valence-electron chi connectivity index (χ2n) is 5.93. The molecule has 2 aromatic carbocycles. The van der Waals surface area contributed by atoms with Crippen molar-refractivity contribution in [2.75, 3.05) is 20.8 Å². The smallest absolute Gasteiger partial charge is 0.374 e. The fraction of sp³-hybridized carbons (Fsp3) is 0.182. The summed E-state index contributed by atoms with van der Waals surface area (Å²) in [5, 5.41) is 0. The number of benzene rings is 2. The lowest BCUT2D eigenvalue weighted by atomic mass is 10.1. The van der Waals surface area contributed by atoms with Gasteiger partial charge in [0.25, 0.3) is 0 Å². The Morgan fingerprint density at radius 2 is 1.69 bits per heavy atom. The van der Waals surface area contributed by atoms with Gasteiger partial charge in [-0.2, -0.15) is 0 Å². The van der Waals surface area contributed by atoms with E-state index in [1.807, 2.05) is 30.3 Å². The molecule has 0 aliphatic carbocycles. The van der Waals surface area contributed by atoms with E-state index < -0.39 is 18.4 Å². The summed E-state index contributed by atoms with van der Waals surface area (Å²) in [4.78, 5) is 24.5. The summed E-state index contributed by atoms with van der Waals surface area (Å²) in [6.45, 7) is -0.280. The highest BCUT2D eigenvalue weighted by Crippen LogP contribution is 2.25. The average Bonchev–Trinajstić information content (AvgIpc) is 3.25. The van der Waals surface area contributed by atoms with Crippen LogP contribution in [0.15, 0.2) is 65.1 Å². The van der Waals surface area contributed by atoms with Crippen LogP contribution in [0.5, 0.6) is 17.2 Å². The molecule has 0 radical (unpaired) electrons. The Balaban J connectivity index is 1.55. The van der Waals surface area contributed by atoms with Crippen molar-refractivity contribution in [3.05, 3.63) is 77.7 Å². The van der Waals surface area contributed by atoms with Crippen LogP contribution < -0.4 is 14.2 Å². The maximum Gasteiger partial charge on any atom is 0.374 e. The number of carbonyl (C=O) groups excluding carboxylic acids is 2. The molecule has 0 N–H and O–H groups in total. The molecule has 1 heterocycles. The topological polar surface area (TPSA) is 84.2 Å². The lowest BCUT2D eigenvalue weighted by molar-refractivity contribution is 0.0440. The number of ketones is 1. The molecule has 0 fully saturated rings. The van der Waals surface area contributed by atoms with Crippen LogP contribution in [-0.4, -0.2) is 32.6 Å². The van der Waals surface area contributed by atoms with E-state index >= 15 is 0 Å². The average molecular weight is 396 g/mol. The SMILES string of the molecule is COc1ccc(C(=O)COC(=O)c2ccc(COc3ccccc3)o2)c(OC)c1. The number of Topliss-reactive ketones (excluding diaryl/α,β-unsaturated/α-hetero) is 1. The number of esters is 1. The molecule has 0 aliphatic rings. The Kier molecular flexibility index (Phi) is 6.52. The van der Waals surface area contributed by atoms with Crippen LogP contribution in [0.25, 0.3) is 0 Å². The second-order valence-corrected chi connectivity index (χ2v) is 5.93. The summed E-state index contributed by atoms with van der Waals surface area (Å²) in [5.74, 6) is 0.885. The number of ether oxygens (including phenoxy) is 4. The summed E-state index contributed by atoms with van der Waals surface area (Å²) < 4.78 is 26.3. The highest BCUT2D eigenvalue weighted by atomic mass is 16.5. The molecular formula is C22H20O7. The molecule has 0 saturated heterocycles. The molecule has 7 heteroatoms. The normalized spacial score (nSPS) is 10.3. The van der Waals surface area contributed by atoms with Crippen molar-refractivity contribution in [2.24, 2.45) is 0 Å². The molecule has 1 aromatic heterocycles. The van der Waals surface area contributed by atoms with Crippen molar-refractivity contribution < 1.29 is 33.0 Å². The van der Waals surface area contributed by atoms with E-state index in [4.69, 9.17) is 23.4 Å². The van der Waals surface area contributed by atoms with Gasteiger partial charge in [-0.1, -0.05) is 18.2 Å². The molecule has 0 bridgehead atoms. The zero-order valence-corrected chi connectivity index (χ0v) is 16.0. The van der Waals surface area contributed by atoms with Crippen molar-refractivity contribution in [3.8, 4) is 17.2 Å². The van der Waals surface area contributed by atoms with Gasteiger partial charge in [0.15, 0.2) is 6.61 Å². The number of hydrogen-bond donors (Lipinski definition) is 0. The predicted molar refractivity (Wildman–Crippen MR) is 104 cm³/mol. The Bertz CT molecular complexity index is 976. The molecule has 0 saturated carbocycles. The van der Waals surface area contributed by atoms with E-state index in [1.165, 1.54) is 20.3 Å². The monoisotopic (exact) mass is 396 g/mol. The minimum Gasteiger partial charge on any atom is -0.497 e. The standard InChI is InChI=1S/C22H20O7/c1-25-16-8-10-18(21(12-16)26-2)19(23)14-28-22(24)20-11-9-17(29-20)13-27-15-6-4-3-5-7-15/h3-12H,13-14H2,1-2H3. The van der Waals surface area contributed by atoms with Gasteiger partial charge in [-0.25, -0.2) is 4.79 Å². The Morgan fingerprint density at radius 3 is 2.41 bits per heavy atom. The molecule has 3 aromatic rings. The predicted octanol–water partition coefficient (Wildman–Crippen LogP) is 3.92. The molecule has 29 heavy (non-hydrogen) atoms. The second kappa shape index (κ2) is 9.45. The first-order valence-corrected chi connectivity index (χ1v) is 8.79. The highest BCUT2D eigenvalue weighted by Gasteiger charge is 2.18. The maximum atomic E-state index is 12.4. The molecule has 3 rings (SSSR count). The first-order chi connectivity index (χ1) is 14.1. The third kappa shape index (κ3) is 5.16. The minimum absolute atomic E-state index is 0.00819. The maximum absolute atomic E-state index is 12.4. The van der Waals surface area contributed by atoms with Gasteiger partial charge in [-0.3, -0.25) is 4.79 Å². The number of methoxy groups -OCH3 is 2. The number of para-hydroxylation sites is 1. The molecule has 0 amide bonds. The molecule has 0 aliphatic heterocycles. The number of hydrogen-bond acceptors (Lipinski definition) is 7. The number of furan rings is 1. The highest BCUT2D eigenvalue weighted by molar-refractivity contribution is 6.01. The Labute approximate surface area is 167 Å². The van der Waals surface area contributed by atoms with Crippen LogP contribution in [-0.2, 0) is 11.3 Å². The zero-order valence-electron chi connectivity index (χ0n) is 16.0. The summed E-state index contributed by atoms with van der Waals surface area (Å²) >= 11 is 0.